The van der Waals surface area contributed by atoms with E-state index in [1.807, 2.05) is 24.0 Å². The normalized spacial score (nSPS) is 15.6. The highest BCUT2D eigenvalue weighted by Gasteiger charge is 2.23. The molecular weight excluding hydrogens is 278 g/mol. The predicted octanol–water partition coefficient (Wildman–Crippen LogP) is 1.90. The molecule has 0 bridgehead atoms. The van der Waals surface area contributed by atoms with Gasteiger partial charge in [0.15, 0.2) is 0 Å². The van der Waals surface area contributed by atoms with E-state index in [-0.39, 0.29) is 5.91 Å². The summed E-state index contributed by atoms with van der Waals surface area (Å²) in [5, 5.41) is 11.6. The summed E-state index contributed by atoms with van der Waals surface area (Å²) in [5.74, 6) is 0.875. The van der Waals surface area contributed by atoms with Crippen LogP contribution in [0.15, 0.2) is 36.7 Å². The first-order valence-electron chi connectivity index (χ1n) is 7.48. The van der Waals surface area contributed by atoms with Gasteiger partial charge in [-0.2, -0.15) is 5.10 Å². The number of carbonyl (C=O) groups is 1. The number of pyridine rings is 1. The molecule has 2 aromatic heterocycles. The highest BCUT2D eigenvalue weighted by atomic mass is 16.2. The fourth-order valence-corrected chi connectivity index (χ4v) is 2.59. The molecular formula is C16H19N5O. The molecule has 0 aromatic carbocycles. The van der Waals surface area contributed by atoms with E-state index in [1.54, 1.807) is 24.5 Å². The van der Waals surface area contributed by atoms with E-state index in [0.29, 0.717) is 11.6 Å². The van der Waals surface area contributed by atoms with Crippen molar-refractivity contribution in [3.63, 3.8) is 0 Å². The fraction of sp³-hybridized carbons (Fsp3) is 0.375. The lowest BCUT2D eigenvalue weighted by atomic mass is 10.0. The third-order valence-electron chi connectivity index (χ3n) is 3.86. The first-order chi connectivity index (χ1) is 10.7. The summed E-state index contributed by atoms with van der Waals surface area (Å²) in [6.07, 6.45) is 5.12. The maximum absolute atomic E-state index is 12.4. The molecule has 0 radical (unpaired) electrons. The summed E-state index contributed by atoms with van der Waals surface area (Å²) in [6.45, 7) is 3.41. The van der Waals surface area contributed by atoms with Crippen molar-refractivity contribution in [1.82, 2.24) is 20.1 Å². The molecule has 3 heterocycles. The van der Waals surface area contributed by atoms with E-state index >= 15 is 0 Å². The number of nitrogens with zero attached hydrogens (tertiary/aromatic N) is 4. The lowest BCUT2D eigenvalue weighted by Crippen LogP contribution is -2.42. The van der Waals surface area contributed by atoms with Gasteiger partial charge in [0, 0.05) is 37.1 Å². The number of aryl methyl sites for hydroxylation is 1. The molecule has 0 unspecified atom stereocenters. The number of amides is 1. The molecule has 1 N–H and O–H groups in total. The summed E-state index contributed by atoms with van der Waals surface area (Å²) in [5.41, 5.74) is 1.61. The maximum atomic E-state index is 12.4. The molecule has 6 heteroatoms. The number of nitrogens with one attached hydrogen (secondary N) is 1. The topological polar surface area (TPSA) is 71.0 Å². The van der Waals surface area contributed by atoms with Crippen LogP contribution in [-0.2, 0) is 0 Å². The molecule has 0 aliphatic carbocycles. The van der Waals surface area contributed by atoms with Gasteiger partial charge in [-0.1, -0.05) is 0 Å². The van der Waals surface area contributed by atoms with Crippen molar-refractivity contribution in [2.24, 2.45) is 0 Å². The first-order valence-corrected chi connectivity index (χ1v) is 7.48. The number of hydrogen-bond acceptors (Lipinski definition) is 5. The summed E-state index contributed by atoms with van der Waals surface area (Å²) < 4.78 is 0. The van der Waals surface area contributed by atoms with E-state index in [0.717, 1.165) is 37.4 Å². The Morgan fingerprint density at radius 2 is 1.86 bits per heavy atom. The molecule has 2 aromatic rings. The number of aromatic nitrogens is 3. The lowest BCUT2D eigenvalue weighted by molar-refractivity contribution is 0.0718. The molecule has 1 fully saturated rings. The number of likely N-dealkylation sites (tertiary alicyclic amines) is 1. The van der Waals surface area contributed by atoms with Gasteiger partial charge >= 0.3 is 0 Å². The second-order valence-corrected chi connectivity index (χ2v) is 5.51. The minimum absolute atomic E-state index is 0.0796. The first kappa shape index (κ1) is 14.4. The van der Waals surface area contributed by atoms with Crippen LogP contribution in [0.2, 0.25) is 0 Å². The minimum Gasteiger partial charge on any atom is -0.366 e. The molecule has 0 atom stereocenters. The van der Waals surface area contributed by atoms with Gasteiger partial charge in [-0.3, -0.25) is 9.78 Å². The second-order valence-electron chi connectivity index (χ2n) is 5.51. The van der Waals surface area contributed by atoms with Gasteiger partial charge in [-0.25, -0.2) is 0 Å². The van der Waals surface area contributed by atoms with Crippen LogP contribution in [0.25, 0.3) is 0 Å². The van der Waals surface area contributed by atoms with Crippen molar-refractivity contribution in [3.05, 3.63) is 47.9 Å². The fourth-order valence-electron chi connectivity index (χ4n) is 2.59. The third-order valence-corrected chi connectivity index (χ3v) is 3.86. The average molecular weight is 297 g/mol. The Hall–Kier alpha value is -2.50. The Morgan fingerprint density at radius 3 is 2.50 bits per heavy atom. The molecule has 0 spiro atoms. The number of anilines is 1. The average Bonchev–Trinajstić information content (AvgIpc) is 2.58. The smallest absolute Gasteiger partial charge is 0.253 e. The van der Waals surface area contributed by atoms with E-state index in [2.05, 4.69) is 20.5 Å². The molecule has 1 saturated heterocycles. The largest absolute Gasteiger partial charge is 0.366 e. The van der Waals surface area contributed by atoms with Gasteiger partial charge in [0.2, 0.25) is 0 Å². The van der Waals surface area contributed by atoms with Crippen LogP contribution in [0.3, 0.4) is 0 Å². The molecule has 3 rings (SSSR count). The van der Waals surface area contributed by atoms with Crippen molar-refractivity contribution < 1.29 is 4.79 Å². The van der Waals surface area contributed by atoms with Crippen molar-refractivity contribution in [2.45, 2.75) is 25.8 Å². The van der Waals surface area contributed by atoms with Crippen LogP contribution in [0.1, 0.15) is 28.9 Å². The van der Waals surface area contributed by atoms with Crippen molar-refractivity contribution in [2.75, 3.05) is 18.4 Å². The Labute approximate surface area is 129 Å². The van der Waals surface area contributed by atoms with Gasteiger partial charge in [-0.15, -0.1) is 5.10 Å². The quantitative estimate of drug-likeness (QED) is 0.937. The van der Waals surface area contributed by atoms with E-state index in [4.69, 9.17) is 0 Å². The Kier molecular flexibility index (Phi) is 4.27. The highest BCUT2D eigenvalue weighted by molar-refractivity contribution is 5.94. The van der Waals surface area contributed by atoms with E-state index in [1.165, 1.54) is 0 Å². The highest BCUT2D eigenvalue weighted by Crippen LogP contribution is 2.17. The van der Waals surface area contributed by atoms with Crippen molar-refractivity contribution >= 4 is 11.7 Å². The van der Waals surface area contributed by atoms with Crippen molar-refractivity contribution in [3.8, 4) is 0 Å². The van der Waals surface area contributed by atoms with Gasteiger partial charge in [0.25, 0.3) is 5.91 Å². The molecule has 6 nitrogen and oxygen atoms in total. The van der Waals surface area contributed by atoms with E-state index < -0.39 is 0 Å². The summed E-state index contributed by atoms with van der Waals surface area (Å²) in [7, 11) is 0. The number of piperidine rings is 1. The lowest BCUT2D eigenvalue weighted by Gasteiger charge is -2.32. The van der Waals surface area contributed by atoms with Crippen LogP contribution < -0.4 is 5.32 Å². The van der Waals surface area contributed by atoms with Crippen LogP contribution in [0, 0.1) is 6.92 Å². The van der Waals surface area contributed by atoms with Gasteiger partial charge in [0.05, 0.1) is 5.69 Å². The second kappa shape index (κ2) is 6.51. The summed E-state index contributed by atoms with van der Waals surface area (Å²) >= 11 is 0. The van der Waals surface area contributed by atoms with Crippen LogP contribution in [0.5, 0.6) is 0 Å². The Bertz CT molecular complexity index is 621. The summed E-state index contributed by atoms with van der Waals surface area (Å²) in [4.78, 5) is 18.2. The zero-order chi connectivity index (χ0) is 15.4. The SMILES string of the molecule is Cc1ccc(NC2CCN(C(=O)c3ccncc3)CC2)nn1. The Morgan fingerprint density at radius 1 is 1.14 bits per heavy atom. The molecule has 114 valence electrons. The van der Waals surface area contributed by atoms with Gasteiger partial charge in [0.1, 0.15) is 5.82 Å². The van der Waals surface area contributed by atoms with Crippen molar-refractivity contribution in [1.29, 1.82) is 0 Å². The van der Waals surface area contributed by atoms with Gasteiger partial charge in [-0.05, 0) is 44.0 Å². The maximum Gasteiger partial charge on any atom is 0.253 e. The number of rotatable bonds is 3. The zero-order valence-corrected chi connectivity index (χ0v) is 12.6. The van der Waals surface area contributed by atoms with Crippen LogP contribution in [-0.4, -0.2) is 45.1 Å². The van der Waals surface area contributed by atoms with Crippen LogP contribution in [0.4, 0.5) is 5.82 Å². The molecule has 1 amide bonds. The monoisotopic (exact) mass is 297 g/mol. The number of carbonyl (C=O) groups excluding carboxylic acids is 1. The zero-order valence-electron chi connectivity index (χ0n) is 12.6. The molecule has 22 heavy (non-hydrogen) atoms. The third kappa shape index (κ3) is 3.39. The van der Waals surface area contributed by atoms with Gasteiger partial charge < -0.3 is 10.2 Å². The standard InChI is InChI=1S/C16H19N5O/c1-12-2-3-15(20-19-12)18-14-6-10-21(11-7-14)16(22)13-4-8-17-9-5-13/h2-5,8-9,14H,6-7,10-11H2,1H3,(H,18,20). The summed E-state index contributed by atoms with van der Waals surface area (Å²) in [6, 6.07) is 7.73. The molecule has 0 saturated carbocycles. The van der Waals surface area contributed by atoms with Crippen LogP contribution >= 0.6 is 0 Å². The predicted molar refractivity (Wildman–Crippen MR) is 83.6 cm³/mol. The minimum atomic E-state index is 0.0796. The van der Waals surface area contributed by atoms with E-state index in [9.17, 15) is 4.79 Å². The Balaban J connectivity index is 1.54. The molecule has 1 aliphatic heterocycles. The number of hydrogen-bond donors (Lipinski definition) is 1. The molecule has 1 aliphatic rings.